The maximum Gasteiger partial charge on any atom is 0.233 e. The molecule has 7 nitrogen and oxygen atoms in total. The fraction of sp³-hybridized carbons (Fsp3) is 0.429. The van der Waals surface area contributed by atoms with Gasteiger partial charge in [-0.05, 0) is 13.0 Å². The minimum Gasteiger partial charge on any atom is -0.480 e. The van der Waals surface area contributed by atoms with Crippen molar-refractivity contribution < 1.29 is 4.74 Å². The molecule has 0 aromatic carbocycles. The van der Waals surface area contributed by atoms with Crippen LogP contribution in [0.4, 0.5) is 11.8 Å². The number of piperazine rings is 1. The first-order valence-corrected chi connectivity index (χ1v) is 6.92. The molecule has 0 saturated carbocycles. The summed E-state index contributed by atoms with van der Waals surface area (Å²) in [6.07, 6.45) is 5.18. The van der Waals surface area contributed by atoms with Crippen LogP contribution in [-0.4, -0.2) is 53.2 Å². The molecule has 0 amide bonds. The van der Waals surface area contributed by atoms with Crippen LogP contribution in [-0.2, 0) is 0 Å². The summed E-state index contributed by atoms with van der Waals surface area (Å²) in [5, 5.41) is 0. The lowest BCUT2D eigenvalue weighted by molar-refractivity contribution is 0.395. The van der Waals surface area contributed by atoms with Crippen LogP contribution in [0.3, 0.4) is 0 Å². The van der Waals surface area contributed by atoms with Gasteiger partial charge in [-0.3, -0.25) is 4.98 Å². The van der Waals surface area contributed by atoms with E-state index in [1.807, 2.05) is 13.0 Å². The summed E-state index contributed by atoms with van der Waals surface area (Å²) < 4.78 is 5.12. The number of rotatable bonds is 3. The second-order valence-corrected chi connectivity index (χ2v) is 4.89. The molecule has 1 fully saturated rings. The maximum atomic E-state index is 5.12. The summed E-state index contributed by atoms with van der Waals surface area (Å²) in [5.74, 6) is 2.18. The van der Waals surface area contributed by atoms with Crippen molar-refractivity contribution >= 4 is 11.8 Å². The molecule has 1 saturated heterocycles. The summed E-state index contributed by atoms with van der Waals surface area (Å²) in [7, 11) is 1.60. The zero-order valence-corrected chi connectivity index (χ0v) is 12.2. The van der Waals surface area contributed by atoms with Crippen molar-refractivity contribution in [3.8, 4) is 5.88 Å². The number of ether oxygens (including phenoxy) is 1. The number of methoxy groups -OCH3 is 1. The van der Waals surface area contributed by atoms with Crippen LogP contribution in [0.15, 0.2) is 24.7 Å². The SMILES string of the molecule is COc1cncc(N2CCN(c3nccc(C)n3)CC2)n1. The summed E-state index contributed by atoms with van der Waals surface area (Å²) >= 11 is 0. The molecule has 0 unspecified atom stereocenters. The predicted octanol–water partition coefficient (Wildman–Crippen LogP) is 0.910. The monoisotopic (exact) mass is 286 g/mol. The van der Waals surface area contributed by atoms with E-state index >= 15 is 0 Å². The number of hydrogen-bond acceptors (Lipinski definition) is 7. The largest absolute Gasteiger partial charge is 0.480 e. The van der Waals surface area contributed by atoms with Gasteiger partial charge >= 0.3 is 0 Å². The second-order valence-electron chi connectivity index (χ2n) is 4.89. The highest BCUT2D eigenvalue weighted by molar-refractivity contribution is 5.41. The van der Waals surface area contributed by atoms with Crippen LogP contribution in [0.1, 0.15) is 5.69 Å². The van der Waals surface area contributed by atoms with Crippen LogP contribution >= 0.6 is 0 Å². The van der Waals surface area contributed by atoms with Gasteiger partial charge in [-0.25, -0.2) is 9.97 Å². The highest BCUT2D eigenvalue weighted by Gasteiger charge is 2.20. The van der Waals surface area contributed by atoms with Gasteiger partial charge in [0.2, 0.25) is 11.8 Å². The van der Waals surface area contributed by atoms with E-state index in [1.54, 1.807) is 25.7 Å². The number of aryl methyl sites for hydroxylation is 1. The fourth-order valence-corrected chi connectivity index (χ4v) is 2.31. The lowest BCUT2D eigenvalue weighted by Crippen LogP contribution is -2.47. The van der Waals surface area contributed by atoms with E-state index in [4.69, 9.17) is 4.74 Å². The smallest absolute Gasteiger partial charge is 0.233 e. The van der Waals surface area contributed by atoms with Gasteiger partial charge in [-0.15, -0.1) is 0 Å². The Morgan fingerprint density at radius 3 is 2.52 bits per heavy atom. The molecule has 0 radical (unpaired) electrons. The van der Waals surface area contributed by atoms with E-state index in [-0.39, 0.29) is 0 Å². The molecule has 3 rings (SSSR count). The minimum absolute atomic E-state index is 0.539. The molecule has 0 N–H and O–H groups in total. The summed E-state index contributed by atoms with van der Waals surface area (Å²) in [6.45, 7) is 5.43. The van der Waals surface area contributed by atoms with Gasteiger partial charge in [0.15, 0.2) is 5.82 Å². The lowest BCUT2D eigenvalue weighted by Gasteiger charge is -2.35. The van der Waals surface area contributed by atoms with E-state index in [9.17, 15) is 0 Å². The quantitative estimate of drug-likeness (QED) is 0.830. The Balaban J connectivity index is 1.67. The number of nitrogens with zero attached hydrogens (tertiary/aromatic N) is 6. The molecule has 110 valence electrons. The van der Waals surface area contributed by atoms with Crippen molar-refractivity contribution in [2.75, 3.05) is 43.1 Å². The van der Waals surface area contributed by atoms with Crippen molar-refractivity contribution in [3.63, 3.8) is 0 Å². The third-order valence-electron chi connectivity index (χ3n) is 3.48. The van der Waals surface area contributed by atoms with Crippen LogP contribution in [0.5, 0.6) is 5.88 Å². The second kappa shape index (κ2) is 5.90. The molecule has 0 bridgehead atoms. The highest BCUT2D eigenvalue weighted by atomic mass is 16.5. The Labute approximate surface area is 123 Å². The third-order valence-corrected chi connectivity index (χ3v) is 3.48. The summed E-state index contributed by atoms with van der Waals surface area (Å²) in [5.41, 5.74) is 0.987. The standard InChI is InChI=1S/C14H18N6O/c1-11-3-4-16-14(17-11)20-7-5-19(6-8-20)12-9-15-10-13(18-12)21-2/h3-4,9-10H,5-8H2,1-2H3. The maximum absolute atomic E-state index is 5.12. The minimum atomic E-state index is 0.539. The van der Waals surface area contributed by atoms with Gasteiger partial charge in [0.1, 0.15) is 0 Å². The van der Waals surface area contributed by atoms with Gasteiger partial charge in [0.25, 0.3) is 0 Å². The zero-order chi connectivity index (χ0) is 14.7. The number of anilines is 2. The highest BCUT2D eigenvalue weighted by Crippen LogP contribution is 2.17. The van der Waals surface area contributed by atoms with Gasteiger partial charge in [-0.2, -0.15) is 4.98 Å². The van der Waals surface area contributed by atoms with Gasteiger partial charge in [0.05, 0.1) is 19.5 Å². The summed E-state index contributed by atoms with van der Waals surface area (Å²) in [6, 6.07) is 1.91. The molecule has 7 heteroatoms. The molecular formula is C14H18N6O. The molecule has 2 aromatic rings. The molecule has 1 aliphatic rings. The van der Waals surface area contributed by atoms with E-state index < -0.39 is 0 Å². The van der Waals surface area contributed by atoms with Crippen molar-refractivity contribution in [3.05, 3.63) is 30.4 Å². The Morgan fingerprint density at radius 1 is 1.05 bits per heavy atom. The Kier molecular flexibility index (Phi) is 3.81. The van der Waals surface area contributed by atoms with Crippen molar-refractivity contribution in [2.24, 2.45) is 0 Å². The van der Waals surface area contributed by atoms with E-state index in [2.05, 4.69) is 29.7 Å². The number of aromatic nitrogens is 4. The fourth-order valence-electron chi connectivity index (χ4n) is 2.31. The first kappa shape index (κ1) is 13.5. The molecule has 0 spiro atoms. The molecular weight excluding hydrogens is 268 g/mol. The molecule has 0 aliphatic carbocycles. The van der Waals surface area contributed by atoms with Gasteiger partial charge < -0.3 is 14.5 Å². The molecule has 1 aliphatic heterocycles. The predicted molar refractivity (Wildman–Crippen MR) is 79.8 cm³/mol. The first-order valence-electron chi connectivity index (χ1n) is 6.92. The van der Waals surface area contributed by atoms with E-state index in [0.717, 1.165) is 43.6 Å². The van der Waals surface area contributed by atoms with Crippen LogP contribution in [0, 0.1) is 6.92 Å². The number of hydrogen-bond donors (Lipinski definition) is 0. The van der Waals surface area contributed by atoms with Gasteiger partial charge in [0, 0.05) is 38.1 Å². The van der Waals surface area contributed by atoms with Gasteiger partial charge in [-0.1, -0.05) is 0 Å². The van der Waals surface area contributed by atoms with E-state index in [0.29, 0.717) is 5.88 Å². The van der Waals surface area contributed by atoms with E-state index in [1.165, 1.54) is 0 Å². The van der Waals surface area contributed by atoms with Crippen LogP contribution in [0.2, 0.25) is 0 Å². The molecule has 2 aromatic heterocycles. The zero-order valence-electron chi connectivity index (χ0n) is 12.2. The molecule has 21 heavy (non-hydrogen) atoms. The Bertz CT molecular complexity index is 612. The first-order chi connectivity index (χ1) is 10.3. The molecule has 3 heterocycles. The average molecular weight is 286 g/mol. The lowest BCUT2D eigenvalue weighted by atomic mass is 10.3. The molecule has 0 atom stereocenters. The van der Waals surface area contributed by atoms with Crippen LogP contribution < -0.4 is 14.5 Å². The topological polar surface area (TPSA) is 67.3 Å². The van der Waals surface area contributed by atoms with Crippen molar-refractivity contribution in [1.29, 1.82) is 0 Å². The normalized spacial score (nSPS) is 15.1. The Hall–Kier alpha value is -2.44. The Morgan fingerprint density at radius 2 is 1.81 bits per heavy atom. The average Bonchev–Trinajstić information content (AvgIpc) is 2.55. The van der Waals surface area contributed by atoms with Crippen molar-refractivity contribution in [1.82, 2.24) is 19.9 Å². The van der Waals surface area contributed by atoms with Crippen LogP contribution in [0.25, 0.3) is 0 Å². The van der Waals surface area contributed by atoms with Crippen molar-refractivity contribution in [2.45, 2.75) is 6.92 Å². The third kappa shape index (κ3) is 3.01. The summed E-state index contributed by atoms with van der Waals surface area (Å²) in [4.78, 5) is 21.8.